The third-order valence-electron chi connectivity index (χ3n) is 4.69. The van der Waals surface area contributed by atoms with Crippen LogP contribution in [0.25, 0.3) is 0 Å². The molecule has 4 nitrogen and oxygen atoms in total. The molecule has 0 spiro atoms. The molecule has 0 radical (unpaired) electrons. The van der Waals surface area contributed by atoms with E-state index in [1.54, 1.807) is 12.1 Å². The first-order chi connectivity index (χ1) is 9.98. The van der Waals surface area contributed by atoms with Gasteiger partial charge in [0.05, 0.1) is 5.60 Å². The lowest BCUT2D eigenvalue weighted by molar-refractivity contribution is -0.0939. The van der Waals surface area contributed by atoms with Crippen molar-refractivity contribution in [3.05, 3.63) is 23.8 Å². The molecule has 0 aliphatic carbocycles. The van der Waals surface area contributed by atoms with E-state index in [1.165, 1.54) is 6.07 Å². The minimum absolute atomic E-state index is 0.00337. The summed E-state index contributed by atoms with van der Waals surface area (Å²) in [5.41, 5.74) is 0.897. The van der Waals surface area contributed by atoms with E-state index in [0.29, 0.717) is 6.04 Å². The summed E-state index contributed by atoms with van der Waals surface area (Å²) in [6.45, 7) is 7.21. The van der Waals surface area contributed by atoms with Crippen LogP contribution in [0, 0.1) is 0 Å². The third kappa shape index (κ3) is 3.89. The van der Waals surface area contributed by atoms with Crippen molar-refractivity contribution in [2.45, 2.75) is 64.1 Å². The van der Waals surface area contributed by atoms with Gasteiger partial charge in [-0.2, -0.15) is 0 Å². The SMILES string of the molecule is CCC1(CC)CC(NC(C)c2cc(O)cc(O)c2)CCO1. The molecule has 1 aromatic carbocycles. The van der Waals surface area contributed by atoms with Crippen molar-refractivity contribution in [1.82, 2.24) is 5.32 Å². The summed E-state index contributed by atoms with van der Waals surface area (Å²) in [6.07, 6.45) is 4.07. The Hall–Kier alpha value is -1.26. The van der Waals surface area contributed by atoms with Crippen LogP contribution in [0.3, 0.4) is 0 Å². The van der Waals surface area contributed by atoms with Crippen LogP contribution in [0.2, 0.25) is 0 Å². The first-order valence-electron chi connectivity index (χ1n) is 7.91. The molecule has 1 fully saturated rings. The van der Waals surface area contributed by atoms with Crippen LogP contribution in [0.1, 0.15) is 58.1 Å². The van der Waals surface area contributed by atoms with Crippen molar-refractivity contribution >= 4 is 0 Å². The van der Waals surface area contributed by atoms with E-state index in [9.17, 15) is 10.2 Å². The van der Waals surface area contributed by atoms with Gasteiger partial charge in [0.2, 0.25) is 0 Å². The van der Waals surface area contributed by atoms with Gasteiger partial charge in [0.15, 0.2) is 0 Å². The summed E-state index contributed by atoms with van der Waals surface area (Å²) in [5, 5.41) is 22.8. The van der Waals surface area contributed by atoms with Gasteiger partial charge >= 0.3 is 0 Å². The molecular formula is C17H27NO3. The summed E-state index contributed by atoms with van der Waals surface area (Å²) in [5.74, 6) is 0.198. The topological polar surface area (TPSA) is 61.7 Å². The van der Waals surface area contributed by atoms with Crippen LogP contribution in [0.5, 0.6) is 11.5 Å². The largest absolute Gasteiger partial charge is 0.508 e. The molecule has 1 aliphatic heterocycles. The van der Waals surface area contributed by atoms with Crippen molar-refractivity contribution in [3.8, 4) is 11.5 Å². The van der Waals surface area contributed by atoms with Gasteiger partial charge < -0.3 is 20.3 Å². The minimum atomic E-state index is -0.00337. The lowest BCUT2D eigenvalue weighted by Gasteiger charge is -2.41. The fraction of sp³-hybridized carbons (Fsp3) is 0.647. The molecule has 2 unspecified atom stereocenters. The minimum Gasteiger partial charge on any atom is -0.508 e. The normalized spacial score (nSPS) is 22.9. The maximum absolute atomic E-state index is 9.60. The highest BCUT2D eigenvalue weighted by Crippen LogP contribution is 2.33. The van der Waals surface area contributed by atoms with E-state index < -0.39 is 0 Å². The Balaban J connectivity index is 2.03. The van der Waals surface area contributed by atoms with E-state index in [2.05, 4.69) is 26.1 Å². The lowest BCUT2D eigenvalue weighted by atomic mass is 9.85. The number of hydrogen-bond acceptors (Lipinski definition) is 4. The van der Waals surface area contributed by atoms with Crippen LogP contribution in [-0.2, 0) is 4.74 Å². The molecule has 3 N–H and O–H groups in total. The maximum atomic E-state index is 9.60. The zero-order chi connectivity index (χ0) is 15.5. The Bertz CT molecular complexity index is 451. The van der Waals surface area contributed by atoms with E-state index in [-0.39, 0.29) is 23.1 Å². The average Bonchev–Trinajstić information content (AvgIpc) is 2.46. The second-order valence-electron chi connectivity index (χ2n) is 6.10. The summed E-state index contributed by atoms with van der Waals surface area (Å²) >= 11 is 0. The van der Waals surface area contributed by atoms with Crippen molar-refractivity contribution in [1.29, 1.82) is 0 Å². The van der Waals surface area contributed by atoms with Crippen LogP contribution < -0.4 is 5.32 Å². The van der Waals surface area contributed by atoms with Crippen molar-refractivity contribution in [2.24, 2.45) is 0 Å². The van der Waals surface area contributed by atoms with Gasteiger partial charge in [-0.15, -0.1) is 0 Å². The number of aromatic hydroxyl groups is 2. The Kier molecular flexibility index (Phi) is 5.12. The number of rotatable bonds is 5. The van der Waals surface area contributed by atoms with Gasteiger partial charge in [0, 0.05) is 24.8 Å². The van der Waals surface area contributed by atoms with Gasteiger partial charge in [-0.05, 0) is 50.3 Å². The first-order valence-corrected chi connectivity index (χ1v) is 7.91. The Morgan fingerprint density at radius 3 is 2.43 bits per heavy atom. The smallest absolute Gasteiger partial charge is 0.119 e. The summed E-state index contributed by atoms with van der Waals surface area (Å²) in [6, 6.07) is 5.23. The number of benzene rings is 1. The molecule has 0 bridgehead atoms. The third-order valence-corrected chi connectivity index (χ3v) is 4.69. The zero-order valence-electron chi connectivity index (χ0n) is 13.2. The molecule has 0 amide bonds. The molecule has 118 valence electrons. The summed E-state index contributed by atoms with van der Waals surface area (Å²) in [4.78, 5) is 0. The number of phenols is 2. The molecule has 1 aromatic rings. The molecule has 0 aromatic heterocycles. The van der Waals surface area contributed by atoms with E-state index in [1.807, 2.05) is 0 Å². The molecule has 1 aliphatic rings. The average molecular weight is 293 g/mol. The number of hydrogen-bond donors (Lipinski definition) is 3. The van der Waals surface area contributed by atoms with Crippen molar-refractivity contribution in [3.63, 3.8) is 0 Å². The maximum Gasteiger partial charge on any atom is 0.119 e. The molecule has 2 atom stereocenters. The van der Waals surface area contributed by atoms with Crippen molar-refractivity contribution in [2.75, 3.05) is 6.61 Å². The Morgan fingerprint density at radius 2 is 1.86 bits per heavy atom. The zero-order valence-corrected chi connectivity index (χ0v) is 13.2. The van der Waals surface area contributed by atoms with Gasteiger partial charge in [0.1, 0.15) is 11.5 Å². The second-order valence-corrected chi connectivity index (χ2v) is 6.10. The van der Waals surface area contributed by atoms with Gasteiger partial charge in [-0.3, -0.25) is 0 Å². The Morgan fingerprint density at radius 1 is 1.24 bits per heavy atom. The highest BCUT2D eigenvalue weighted by Gasteiger charge is 2.34. The van der Waals surface area contributed by atoms with E-state index >= 15 is 0 Å². The van der Waals surface area contributed by atoms with Crippen molar-refractivity contribution < 1.29 is 14.9 Å². The molecule has 0 saturated carbocycles. The molecule has 21 heavy (non-hydrogen) atoms. The lowest BCUT2D eigenvalue weighted by Crippen LogP contribution is -2.47. The first kappa shape index (κ1) is 16.1. The van der Waals surface area contributed by atoms with Gasteiger partial charge in [-0.1, -0.05) is 13.8 Å². The molecule has 1 saturated heterocycles. The van der Waals surface area contributed by atoms with Crippen LogP contribution in [-0.4, -0.2) is 28.5 Å². The second kappa shape index (κ2) is 6.67. The number of nitrogens with one attached hydrogen (secondary N) is 1. The van der Waals surface area contributed by atoms with Gasteiger partial charge in [-0.25, -0.2) is 0 Å². The highest BCUT2D eigenvalue weighted by molar-refractivity contribution is 5.38. The summed E-state index contributed by atoms with van der Waals surface area (Å²) < 4.78 is 6.00. The Labute approximate surface area is 127 Å². The predicted molar refractivity (Wildman–Crippen MR) is 83.6 cm³/mol. The number of ether oxygens (including phenoxy) is 1. The summed E-state index contributed by atoms with van der Waals surface area (Å²) in [7, 11) is 0. The quantitative estimate of drug-likeness (QED) is 0.777. The van der Waals surface area contributed by atoms with E-state index in [4.69, 9.17) is 4.74 Å². The number of phenolic OH excluding ortho intramolecular Hbond substituents is 2. The van der Waals surface area contributed by atoms with Crippen LogP contribution >= 0.6 is 0 Å². The van der Waals surface area contributed by atoms with E-state index in [0.717, 1.165) is 37.9 Å². The predicted octanol–water partition coefficient (Wildman–Crippen LogP) is 3.49. The fourth-order valence-electron chi connectivity index (χ4n) is 3.23. The molecule has 2 rings (SSSR count). The standard InChI is InChI=1S/C17H27NO3/c1-4-17(5-2)11-14(6-7-21-17)18-12(3)13-8-15(19)10-16(20)9-13/h8-10,12,14,18-20H,4-7,11H2,1-3H3. The van der Waals surface area contributed by atoms with Crippen LogP contribution in [0.4, 0.5) is 0 Å². The highest BCUT2D eigenvalue weighted by atomic mass is 16.5. The molecule has 4 heteroatoms. The molecular weight excluding hydrogens is 266 g/mol. The van der Waals surface area contributed by atoms with Crippen LogP contribution in [0.15, 0.2) is 18.2 Å². The monoisotopic (exact) mass is 293 g/mol. The molecule has 1 heterocycles. The van der Waals surface area contributed by atoms with Gasteiger partial charge in [0.25, 0.3) is 0 Å². The fourth-order valence-corrected chi connectivity index (χ4v) is 3.23.